The van der Waals surface area contributed by atoms with Gasteiger partial charge in [-0.05, 0) is 49.6 Å². The Balaban J connectivity index is 1.47. The minimum Gasteiger partial charge on any atom is -0.468 e. The van der Waals surface area contributed by atoms with E-state index >= 15 is 0 Å². The number of nitrogens with one attached hydrogen (secondary N) is 1. The second-order valence-electron chi connectivity index (χ2n) is 8.32. The monoisotopic (exact) mass is 442 g/mol. The summed E-state index contributed by atoms with van der Waals surface area (Å²) in [5.41, 5.74) is 2.60. The minimum absolute atomic E-state index is 0.339. The van der Waals surface area contributed by atoms with Crippen molar-refractivity contribution in [2.75, 3.05) is 47.5 Å². The highest BCUT2D eigenvalue weighted by atomic mass is 16.5. The summed E-state index contributed by atoms with van der Waals surface area (Å²) in [7, 11) is 5.71. The van der Waals surface area contributed by atoms with Crippen LogP contribution in [0, 0.1) is 0 Å². The van der Waals surface area contributed by atoms with E-state index in [1.165, 1.54) is 11.1 Å². The fourth-order valence-electron chi connectivity index (χ4n) is 4.09. The van der Waals surface area contributed by atoms with Crippen LogP contribution in [0.3, 0.4) is 0 Å². The fraction of sp³-hybridized carbons (Fsp3) is 0.560. The zero-order chi connectivity index (χ0) is 22.6. The van der Waals surface area contributed by atoms with Crippen molar-refractivity contribution in [3.8, 4) is 0 Å². The van der Waals surface area contributed by atoms with Crippen LogP contribution in [0.1, 0.15) is 36.1 Å². The largest absolute Gasteiger partial charge is 0.468 e. The van der Waals surface area contributed by atoms with Crippen LogP contribution >= 0.6 is 0 Å². The smallest absolute Gasteiger partial charge is 0.193 e. The third-order valence-electron chi connectivity index (χ3n) is 5.80. The molecule has 1 aliphatic rings. The SMILES string of the molecule is CN=C(NCc1ccccc1CN(C)Cc1ccco1)N1CCC(OCCCOC)CC1. The topological polar surface area (TPSA) is 62.5 Å². The third kappa shape index (κ3) is 7.65. The van der Waals surface area contributed by atoms with E-state index < -0.39 is 0 Å². The lowest BCUT2D eigenvalue weighted by Crippen LogP contribution is -2.46. The molecule has 32 heavy (non-hydrogen) atoms. The number of guanidine groups is 1. The zero-order valence-corrected chi connectivity index (χ0v) is 19.8. The first-order valence-corrected chi connectivity index (χ1v) is 11.5. The van der Waals surface area contributed by atoms with Gasteiger partial charge in [0.1, 0.15) is 5.76 Å². The molecule has 0 bridgehead atoms. The molecule has 1 aliphatic heterocycles. The number of ether oxygens (including phenoxy) is 2. The van der Waals surface area contributed by atoms with E-state index in [1.54, 1.807) is 13.4 Å². The highest BCUT2D eigenvalue weighted by Crippen LogP contribution is 2.16. The number of rotatable bonds is 11. The molecule has 7 nitrogen and oxygen atoms in total. The third-order valence-corrected chi connectivity index (χ3v) is 5.80. The molecule has 2 heterocycles. The molecule has 0 radical (unpaired) electrons. The summed E-state index contributed by atoms with van der Waals surface area (Å²) in [6.07, 6.45) is 5.08. The Morgan fingerprint density at radius 1 is 1.12 bits per heavy atom. The van der Waals surface area contributed by atoms with Crippen LogP contribution in [0.15, 0.2) is 52.1 Å². The van der Waals surface area contributed by atoms with Gasteiger partial charge in [0.2, 0.25) is 0 Å². The Kier molecular flexibility index (Phi) is 10.1. The van der Waals surface area contributed by atoms with Gasteiger partial charge in [0.05, 0.1) is 18.9 Å². The number of methoxy groups -OCH3 is 1. The summed E-state index contributed by atoms with van der Waals surface area (Å²) in [6, 6.07) is 12.5. The van der Waals surface area contributed by atoms with Gasteiger partial charge in [0.15, 0.2) is 5.96 Å². The number of aliphatic imine (C=N–C) groups is 1. The minimum atomic E-state index is 0.339. The van der Waals surface area contributed by atoms with Crippen molar-refractivity contribution in [3.05, 3.63) is 59.5 Å². The predicted octanol–water partition coefficient (Wildman–Crippen LogP) is 3.50. The molecule has 0 aliphatic carbocycles. The second kappa shape index (κ2) is 13.3. The Hall–Kier alpha value is -2.35. The van der Waals surface area contributed by atoms with Gasteiger partial charge in [-0.3, -0.25) is 9.89 Å². The number of benzene rings is 1. The van der Waals surface area contributed by atoms with Gasteiger partial charge in [-0.2, -0.15) is 0 Å². The lowest BCUT2D eigenvalue weighted by Gasteiger charge is -2.34. The molecule has 1 aromatic heterocycles. The van der Waals surface area contributed by atoms with Gasteiger partial charge in [-0.25, -0.2) is 0 Å². The maximum atomic E-state index is 5.99. The molecular formula is C25H38N4O3. The molecule has 0 amide bonds. The molecule has 2 aromatic rings. The number of hydrogen-bond donors (Lipinski definition) is 1. The van der Waals surface area contributed by atoms with E-state index in [1.807, 2.05) is 19.2 Å². The van der Waals surface area contributed by atoms with E-state index in [9.17, 15) is 0 Å². The van der Waals surface area contributed by atoms with Crippen molar-refractivity contribution < 1.29 is 13.9 Å². The van der Waals surface area contributed by atoms with Crippen LogP contribution in [0.5, 0.6) is 0 Å². The van der Waals surface area contributed by atoms with Crippen LogP contribution < -0.4 is 5.32 Å². The fourth-order valence-corrected chi connectivity index (χ4v) is 4.09. The molecule has 3 rings (SSSR count). The summed E-state index contributed by atoms with van der Waals surface area (Å²) in [4.78, 5) is 9.13. The molecule has 1 saturated heterocycles. The number of likely N-dealkylation sites (tertiary alicyclic amines) is 1. The van der Waals surface area contributed by atoms with E-state index in [4.69, 9.17) is 13.9 Å². The summed E-state index contributed by atoms with van der Waals surface area (Å²) >= 11 is 0. The van der Waals surface area contributed by atoms with Gasteiger partial charge >= 0.3 is 0 Å². The second-order valence-corrected chi connectivity index (χ2v) is 8.32. The van der Waals surface area contributed by atoms with Crippen LogP contribution in [0.25, 0.3) is 0 Å². The molecule has 1 N–H and O–H groups in total. The quantitative estimate of drug-likeness (QED) is 0.326. The standard InChI is InChI=1S/C25H38N4O3/c1-26-25(29-13-11-23(12-14-29)31-17-7-15-30-3)27-18-21-8-4-5-9-22(21)19-28(2)20-24-10-6-16-32-24/h4-6,8-10,16,23H,7,11-15,17-20H2,1-3H3,(H,26,27). The van der Waals surface area contributed by atoms with Gasteiger partial charge < -0.3 is 24.1 Å². The van der Waals surface area contributed by atoms with Crippen LogP contribution in [-0.2, 0) is 29.1 Å². The predicted molar refractivity (Wildman–Crippen MR) is 128 cm³/mol. The van der Waals surface area contributed by atoms with E-state index in [0.717, 1.165) is 76.9 Å². The Labute approximate surface area is 192 Å². The number of piperidine rings is 1. The Morgan fingerprint density at radius 3 is 2.59 bits per heavy atom. The van der Waals surface area contributed by atoms with Gasteiger partial charge in [-0.15, -0.1) is 0 Å². The number of furan rings is 1. The molecule has 1 fully saturated rings. The molecule has 1 aromatic carbocycles. The summed E-state index contributed by atoms with van der Waals surface area (Å²) in [6.45, 7) is 5.86. The lowest BCUT2D eigenvalue weighted by molar-refractivity contribution is 0.00989. The molecule has 0 spiro atoms. The van der Waals surface area contributed by atoms with Crippen LogP contribution in [-0.4, -0.2) is 69.4 Å². The summed E-state index contributed by atoms with van der Waals surface area (Å²) in [5, 5.41) is 3.57. The first kappa shape index (κ1) is 24.3. The Bertz CT molecular complexity index is 801. The molecule has 7 heteroatoms. The van der Waals surface area contributed by atoms with Crippen molar-refractivity contribution in [3.63, 3.8) is 0 Å². The highest BCUT2D eigenvalue weighted by molar-refractivity contribution is 5.80. The lowest BCUT2D eigenvalue weighted by atomic mass is 10.1. The highest BCUT2D eigenvalue weighted by Gasteiger charge is 2.22. The van der Waals surface area contributed by atoms with Crippen molar-refractivity contribution in [2.45, 2.75) is 45.0 Å². The van der Waals surface area contributed by atoms with Crippen molar-refractivity contribution in [1.29, 1.82) is 0 Å². The zero-order valence-electron chi connectivity index (χ0n) is 19.8. The van der Waals surface area contributed by atoms with E-state index in [-0.39, 0.29) is 0 Å². The molecule has 0 unspecified atom stereocenters. The van der Waals surface area contributed by atoms with Gasteiger partial charge in [0, 0.05) is 53.6 Å². The Morgan fingerprint density at radius 2 is 1.91 bits per heavy atom. The molecule has 0 saturated carbocycles. The van der Waals surface area contributed by atoms with Crippen LogP contribution in [0.4, 0.5) is 0 Å². The van der Waals surface area contributed by atoms with Crippen molar-refractivity contribution in [1.82, 2.24) is 15.1 Å². The number of nitrogens with zero attached hydrogens (tertiary/aromatic N) is 3. The first-order chi connectivity index (χ1) is 15.7. The van der Waals surface area contributed by atoms with Gasteiger partial charge in [0.25, 0.3) is 0 Å². The average Bonchev–Trinajstić information content (AvgIpc) is 3.32. The summed E-state index contributed by atoms with van der Waals surface area (Å²) < 4.78 is 16.6. The maximum Gasteiger partial charge on any atom is 0.193 e. The molecule has 176 valence electrons. The van der Waals surface area contributed by atoms with E-state index in [2.05, 4.69) is 51.4 Å². The summed E-state index contributed by atoms with van der Waals surface area (Å²) in [5.74, 6) is 1.94. The van der Waals surface area contributed by atoms with Crippen LogP contribution in [0.2, 0.25) is 0 Å². The number of hydrogen-bond acceptors (Lipinski definition) is 5. The average molecular weight is 443 g/mol. The maximum absolute atomic E-state index is 5.99. The van der Waals surface area contributed by atoms with Crippen molar-refractivity contribution in [2.24, 2.45) is 4.99 Å². The van der Waals surface area contributed by atoms with Crippen molar-refractivity contribution >= 4 is 5.96 Å². The first-order valence-electron chi connectivity index (χ1n) is 11.5. The van der Waals surface area contributed by atoms with E-state index in [0.29, 0.717) is 6.10 Å². The van der Waals surface area contributed by atoms with Gasteiger partial charge in [-0.1, -0.05) is 24.3 Å². The normalized spacial score (nSPS) is 15.5. The molecule has 0 atom stereocenters. The molecular weight excluding hydrogens is 404 g/mol.